The van der Waals surface area contributed by atoms with E-state index in [0.29, 0.717) is 11.4 Å². The van der Waals surface area contributed by atoms with Crippen molar-refractivity contribution < 1.29 is 32.3 Å². The summed E-state index contributed by atoms with van der Waals surface area (Å²) >= 11 is 0. The van der Waals surface area contributed by atoms with Crippen LogP contribution < -0.4 is 20.3 Å². The maximum atomic E-state index is 12.7. The number of ether oxygens (including phenoxy) is 1. The molecular formula is C18H21F3N4O4. The Morgan fingerprint density at radius 2 is 2.07 bits per heavy atom. The van der Waals surface area contributed by atoms with E-state index >= 15 is 0 Å². The van der Waals surface area contributed by atoms with E-state index in [1.807, 2.05) is 5.32 Å². The van der Waals surface area contributed by atoms with E-state index in [2.05, 4.69) is 5.32 Å². The average Bonchev–Trinajstić information content (AvgIpc) is 3.32. The molecule has 1 aromatic carbocycles. The van der Waals surface area contributed by atoms with E-state index in [1.54, 1.807) is 24.3 Å². The molecule has 8 nitrogen and oxygen atoms in total. The number of benzene rings is 1. The minimum atomic E-state index is -4.48. The number of carbonyl (C=O) groups excluding carboxylic acids is 3. The smallest absolute Gasteiger partial charge is 0.405 e. The van der Waals surface area contributed by atoms with Gasteiger partial charge in [-0.15, -0.1) is 0 Å². The first-order valence-corrected chi connectivity index (χ1v) is 9.03. The molecular weight excluding hydrogens is 393 g/mol. The zero-order valence-electron chi connectivity index (χ0n) is 15.7. The number of anilines is 1. The number of nitrogens with zero attached hydrogens (tertiary/aromatic N) is 2. The zero-order valence-corrected chi connectivity index (χ0v) is 15.7. The Morgan fingerprint density at radius 3 is 2.76 bits per heavy atom. The number of alkyl halides is 3. The van der Waals surface area contributed by atoms with Crippen LogP contribution in [0.25, 0.3) is 0 Å². The summed E-state index contributed by atoms with van der Waals surface area (Å²) in [4.78, 5) is 39.7. The van der Waals surface area contributed by atoms with Gasteiger partial charge in [0.15, 0.2) is 0 Å². The van der Waals surface area contributed by atoms with Gasteiger partial charge in [-0.25, -0.2) is 4.79 Å². The van der Waals surface area contributed by atoms with Crippen molar-refractivity contribution in [3.63, 3.8) is 0 Å². The number of urea groups is 1. The van der Waals surface area contributed by atoms with E-state index in [-0.39, 0.29) is 32.0 Å². The SMILES string of the molecule is COc1cccc(N2CC(C(=O)N3CCC(C(=O)NCC(F)(F)F)C3)NC2=O)c1. The summed E-state index contributed by atoms with van der Waals surface area (Å²) in [5, 5.41) is 4.46. The molecule has 11 heteroatoms. The molecule has 0 spiro atoms. The minimum absolute atomic E-state index is 0.0219. The van der Waals surface area contributed by atoms with E-state index in [9.17, 15) is 27.6 Å². The summed E-state index contributed by atoms with van der Waals surface area (Å²) in [5.74, 6) is -1.23. The molecule has 0 aliphatic carbocycles. The fourth-order valence-corrected chi connectivity index (χ4v) is 3.41. The lowest BCUT2D eigenvalue weighted by Gasteiger charge is -2.20. The predicted octanol–water partition coefficient (Wildman–Crippen LogP) is 1.12. The van der Waals surface area contributed by atoms with Gasteiger partial charge in [0.1, 0.15) is 18.3 Å². The van der Waals surface area contributed by atoms with Crippen molar-refractivity contribution in [3.8, 4) is 5.75 Å². The number of nitrogens with one attached hydrogen (secondary N) is 2. The van der Waals surface area contributed by atoms with Crippen molar-refractivity contribution >= 4 is 23.5 Å². The standard InChI is InChI=1S/C18H21F3N4O4/c1-29-13-4-2-3-12(7-13)25-9-14(23-17(25)28)16(27)24-6-5-11(8-24)15(26)22-10-18(19,20)21/h2-4,7,11,14H,5-6,8-10H2,1H3,(H,22,26)(H,23,28). The predicted molar refractivity (Wildman–Crippen MR) is 96.4 cm³/mol. The number of likely N-dealkylation sites (tertiary alicyclic amines) is 1. The summed E-state index contributed by atoms with van der Waals surface area (Å²) < 4.78 is 41.9. The minimum Gasteiger partial charge on any atom is -0.497 e. The Labute approximate surface area is 165 Å². The third-order valence-electron chi connectivity index (χ3n) is 4.90. The molecule has 4 amide bonds. The van der Waals surface area contributed by atoms with E-state index in [1.165, 1.54) is 16.9 Å². The van der Waals surface area contributed by atoms with Crippen molar-refractivity contribution in [3.05, 3.63) is 24.3 Å². The number of rotatable bonds is 5. The van der Waals surface area contributed by atoms with Crippen LogP contribution in [-0.4, -0.2) is 68.3 Å². The molecule has 2 aliphatic rings. The third kappa shape index (κ3) is 4.90. The molecule has 29 heavy (non-hydrogen) atoms. The lowest BCUT2D eigenvalue weighted by molar-refractivity contribution is -0.141. The second kappa shape index (κ2) is 8.18. The third-order valence-corrected chi connectivity index (χ3v) is 4.90. The van der Waals surface area contributed by atoms with Gasteiger partial charge >= 0.3 is 12.2 Å². The molecule has 2 unspecified atom stereocenters. The molecule has 0 saturated carbocycles. The molecule has 2 aliphatic heterocycles. The molecule has 2 N–H and O–H groups in total. The maximum absolute atomic E-state index is 12.7. The van der Waals surface area contributed by atoms with Gasteiger partial charge in [0.05, 0.1) is 19.6 Å². The first-order valence-electron chi connectivity index (χ1n) is 9.03. The van der Waals surface area contributed by atoms with Crippen molar-refractivity contribution in [2.45, 2.75) is 18.6 Å². The van der Waals surface area contributed by atoms with Crippen molar-refractivity contribution in [1.82, 2.24) is 15.5 Å². The Morgan fingerprint density at radius 1 is 1.31 bits per heavy atom. The Kier molecular flexibility index (Phi) is 5.85. The van der Waals surface area contributed by atoms with Crippen molar-refractivity contribution in [1.29, 1.82) is 0 Å². The Balaban J connectivity index is 1.57. The molecule has 2 atom stereocenters. The van der Waals surface area contributed by atoms with Crippen LogP contribution in [0.4, 0.5) is 23.7 Å². The highest BCUT2D eigenvalue weighted by Crippen LogP contribution is 2.25. The lowest BCUT2D eigenvalue weighted by atomic mass is 10.1. The highest BCUT2D eigenvalue weighted by Gasteiger charge is 2.40. The second-order valence-electron chi connectivity index (χ2n) is 6.92. The lowest BCUT2D eigenvalue weighted by Crippen LogP contribution is -2.45. The summed E-state index contributed by atoms with van der Waals surface area (Å²) in [7, 11) is 1.50. The fraction of sp³-hybridized carbons (Fsp3) is 0.500. The molecule has 2 heterocycles. The molecule has 0 radical (unpaired) electrons. The monoisotopic (exact) mass is 414 g/mol. The normalized spacial score (nSPS) is 21.9. The largest absolute Gasteiger partial charge is 0.497 e. The van der Waals surface area contributed by atoms with Crippen molar-refractivity contribution in [2.24, 2.45) is 5.92 Å². The van der Waals surface area contributed by atoms with E-state index in [4.69, 9.17) is 4.74 Å². The van der Waals surface area contributed by atoms with Gasteiger partial charge in [-0.05, 0) is 18.6 Å². The molecule has 3 rings (SSSR count). The summed E-state index contributed by atoms with van der Waals surface area (Å²) in [6.45, 7) is -1.03. The highest BCUT2D eigenvalue weighted by atomic mass is 19.4. The van der Waals surface area contributed by atoms with Crippen LogP contribution in [0.5, 0.6) is 5.75 Å². The van der Waals surface area contributed by atoms with Gasteiger partial charge < -0.3 is 20.3 Å². The van der Waals surface area contributed by atoms with E-state index < -0.39 is 36.6 Å². The van der Waals surface area contributed by atoms with Crippen LogP contribution >= 0.6 is 0 Å². The topological polar surface area (TPSA) is 91.0 Å². The maximum Gasteiger partial charge on any atom is 0.405 e. The number of carbonyl (C=O) groups is 3. The average molecular weight is 414 g/mol. The van der Waals surface area contributed by atoms with Crippen LogP contribution in [0.2, 0.25) is 0 Å². The highest BCUT2D eigenvalue weighted by molar-refractivity contribution is 6.00. The van der Waals surface area contributed by atoms with Crippen LogP contribution in [0.3, 0.4) is 0 Å². The molecule has 0 aromatic heterocycles. The number of amides is 4. The van der Waals surface area contributed by atoms with Gasteiger partial charge in [-0.3, -0.25) is 14.5 Å². The van der Waals surface area contributed by atoms with Gasteiger partial charge in [0.2, 0.25) is 11.8 Å². The number of hydrogen-bond acceptors (Lipinski definition) is 4. The zero-order chi connectivity index (χ0) is 21.2. The van der Waals surface area contributed by atoms with Crippen LogP contribution in [0.1, 0.15) is 6.42 Å². The molecule has 0 bridgehead atoms. The first kappa shape index (κ1) is 20.7. The Bertz CT molecular complexity index is 802. The van der Waals surface area contributed by atoms with Crippen LogP contribution in [0, 0.1) is 5.92 Å². The number of methoxy groups -OCH3 is 1. The molecule has 2 fully saturated rings. The fourth-order valence-electron chi connectivity index (χ4n) is 3.41. The van der Waals surface area contributed by atoms with Crippen molar-refractivity contribution in [2.75, 3.05) is 38.2 Å². The second-order valence-corrected chi connectivity index (χ2v) is 6.92. The summed E-state index contributed by atoms with van der Waals surface area (Å²) in [6, 6.07) is 5.60. The van der Waals surface area contributed by atoms with Gasteiger partial charge in [-0.2, -0.15) is 13.2 Å². The molecule has 2 saturated heterocycles. The molecule has 158 valence electrons. The van der Waals surface area contributed by atoms with Crippen LogP contribution in [0.15, 0.2) is 24.3 Å². The summed E-state index contributed by atoms with van der Waals surface area (Å²) in [6.07, 6.45) is -4.21. The quantitative estimate of drug-likeness (QED) is 0.756. The number of halogens is 3. The van der Waals surface area contributed by atoms with E-state index in [0.717, 1.165) is 0 Å². The first-order chi connectivity index (χ1) is 13.7. The van der Waals surface area contributed by atoms with Crippen LogP contribution in [-0.2, 0) is 9.59 Å². The molecule has 1 aromatic rings. The Hall–Kier alpha value is -2.98. The van der Waals surface area contributed by atoms with Gasteiger partial charge in [-0.1, -0.05) is 6.07 Å². The number of hydrogen-bond donors (Lipinski definition) is 2. The van der Waals surface area contributed by atoms with Gasteiger partial charge in [0.25, 0.3) is 0 Å². The summed E-state index contributed by atoms with van der Waals surface area (Å²) in [5.41, 5.74) is 0.572. The van der Waals surface area contributed by atoms with Gasteiger partial charge in [0, 0.05) is 24.8 Å².